The summed E-state index contributed by atoms with van der Waals surface area (Å²) in [6, 6.07) is 1.62. The second-order valence-electron chi connectivity index (χ2n) is 5.33. The second kappa shape index (κ2) is 5.50. The van der Waals surface area contributed by atoms with E-state index in [1.807, 2.05) is 0 Å². The Hall–Kier alpha value is -1.09. The fraction of sp³-hybridized carbons (Fsp3) is 0.538. The fourth-order valence-corrected chi connectivity index (χ4v) is 1.41. The zero-order valence-electron chi connectivity index (χ0n) is 10.7. The van der Waals surface area contributed by atoms with E-state index in [1.54, 1.807) is 12.3 Å². The van der Waals surface area contributed by atoms with Crippen molar-refractivity contribution in [2.45, 2.75) is 27.7 Å². The molecule has 0 aliphatic heterocycles. The molecule has 1 rings (SSSR count). The molecular formula is C13H19ClN2O. The maximum absolute atomic E-state index is 11.9. The normalized spacial score (nSPS) is 13.2. The standard InChI is InChI=1S/C13H19ClN2O/c1-9(13(2,3)4)7-16-12(17)10-5-6-15-8-11(10)14/h5-6,8-9H,7H2,1-4H3,(H,16,17). The fourth-order valence-electron chi connectivity index (χ4n) is 1.21. The molecule has 0 saturated carbocycles. The van der Waals surface area contributed by atoms with Gasteiger partial charge in [-0.25, -0.2) is 0 Å². The van der Waals surface area contributed by atoms with Crippen LogP contribution in [-0.4, -0.2) is 17.4 Å². The number of rotatable bonds is 3. The van der Waals surface area contributed by atoms with Gasteiger partial charge >= 0.3 is 0 Å². The average molecular weight is 255 g/mol. The lowest BCUT2D eigenvalue weighted by molar-refractivity contribution is 0.0937. The largest absolute Gasteiger partial charge is 0.352 e. The van der Waals surface area contributed by atoms with Crippen molar-refractivity contribution in [1.82, 2.24) is 10.3 Å². The van der Waals surface area contributed by atoms with Crippen molar-refractivity contribution in [3.8, 4) is 0 Å². The quantitative estimate of drug-likeness (QED) is 0.900. The van der Waals surface area contributed by atoms with Crippen LogP contribution in [0.4, 0.5) is 0 Å². The van der Waals surface area contributed by atoms with E-state index < -0.39 is 0 Å². The van der Waals surface area contributed by atoms with Gasteiger partial charge < -0.3 is 5.32 Å². The molecule has 0 radical (unpaired) electrons. The Bertz CT molecular complexity index is 399. The molecule has 0 aliphatic carbocycles. The van der Waals surface area contributed by atoms with E-state index in [-0.39, 0.29) is 11.3 Å². The molecule has 0 aliphatic rings. The van der Waals surface area contributed by atoms with E-state index in [2.05, 4.69) is 38.0 Å². The molecule has 1 aromatic heterocycles. The third kappa shape index (κ3) is 4.00. The SMILES string of the molecule is CC(CNC(=O)c1ccncc1Cl)C(C)(C)C. The third-order valence-electron chi connectivity index (χ3n) is 3.06. The zero-order valence-corrected chi connectivity index (χ0v) is 11.5. The minimum absolute atomic E-state index is 0.145. The highest BCUT2D eigenvalue weighted by atomic mass is 35.5. The molecule has 1 amide bonds. The number of nitrogens with zero attached hydrogens (tertiary/aromatic N) is 1. The Kier molecular flexibility index (Phi) is 4.52. The van der Waals surface area contributed by atoms with Crippen molar-refractivity contribution < 1.29 is 4.79 Å². The van der Waals surface area contributed by atoms with Gasteiger partial charge in [-0.05, 0) is 17.4 Å². The Morgan fingerprint density at radius 2 is 2.18 bits per heavy atom. The molecule has 1 heterocycles. The molecule has 1 N–H and O–H groups in total. The maximum atomic E-state index is 11.9. The van der Waals surface area contributed by atoms with Crippen molar-refractivity contribution in [2.24, 2.45) is 11.3 Å². The third-order valence-corrected chi connectivity index (χ3v) is 3.37. The number of halogens is 1. The number of carbonyl (C=O) groups is 1. The van der Waals surface area contributed by atoms with Gasteiger partial charge in [-0.15, -0.1) is 0 Å². The molecule has 94 valence electrons. The molecule has 0 aromatic carbocycles. The van der Waals surface area contributed by atoms with Crippen LogP contribution < -0.4 is 5.32 Å². The number of nitrogens with one attached hydrogen (secondary N) is 1. The number of amides is 1. The molecule has 1 unspecified atom stereocenters. The monoisotopic (exact) mass is 254 g/mol. The van der Waals surface area contributed by atoms with Crippen LogP contribution in [0.15, 0.2) is 18.5 Å². The number of hydrogen-bond donors (Lipinski definition) is 1. The van der Waals surface area contributed by atoms with Crippen LogP contribution in [0.5, 0.6) is 0 Å². The molecule has 17 heavy (non-hydrogen) atoms. The van der Waals surface area contributed by atoms with Crippen molar-refractivity contribution in [3.63, 3.8) is 0 Å². The van der Waals surface area contributed by atoms with E-state index in [9.17, 15) is 4.79 Å². The molecule has 0 fully saturated rings. The molecule has 0 saturated heterocycles. The highest BCUT2D eigenvalue weighted by Crippen LogP contribution is 2.24. The summed E-state index contributed by atoms with van der Waals surface area (Å²) in [7, 11) is 0. The summed E-state index contributed by atoms with van der Waals surface area (Å²) in [4.78, 5) is 15.7. The first-order valence-electron chi connectivity index (χ1n) is 5.70. The van der Waals surface area contributed by atoms with Crippen molar-refractivity contribution in [3.05, 3.63) is 29.0 Å². The first kappa shape index (κ1) is 14.0. The van der Waals surface area contributed by atoms with Gasteiger partial charge in [-0.1, -0.05) is 39.3 Å². The van der Waals surface area contributed by atoms with Crippen LogP contribution >= 0.6 is 11.6 Å². The summed E-state index contributed by atoms with van der Waals surface area (Å²) in [6.07, 6.45) is 3.04. The highest BCUT2D eigenvalue weighted by molar-refractivity contribution is 6.33. The highest BCUT2D eigenvalue weighted by Gasteiger charge is 2.20. The van der Waals surface area contributed by atoms with Crippen molar-refractivity contribution in [2.75, 3.05) is 6.54 Å². The predicted octanol–water partition coefficient (Wildman–Crippen LogP) is 3.15. The smallest absolute Gasteiger partial charge is 0.252 e. The molecule has 4 heteroatoms. The van der Waals surface area contributed by atoms with Crippen LogP contribution in [0.25, 0.3) is 0 Å². The van der Waals surface area contributed by atoms with Crippen LogP contribution in [-0.2, 0) is 0 Å². The Morgan fingerprint density at radius 1 is 1.53 bits per heavy atom. The Balaban J connectivity index is 2.60. The van der Waals surface area contributed by atoms with Gasteiger partial charge in [0.2, 0.25) is 0 Å². The van der Waals surface area contributed by atoms with Gasteiger partial charge in [0.15, 0.2) is 0 Å². The first-order valence-corrected chi connectivity index (χ1v) is 6.08. The zero-order chi connectivity index (χ0) is 13.1. The van der Waals surface area contributed by atoms with Gasteiger partial charge in [-0.2, -0.15) is 0 Å². The lowest BCUT2D eigenvalue weighted by atomic mass is 9.82. The summed E-state index contributed by atoms with van der Waals surface area (Å²) in [5.74, 6) is 0.251. The van der Waals surface area contributed by atoms with Gasteiger partial charge in [0, 0.05) is 18.9 Å². The number of aromatic nitrogens is 1. The predicted molar refractivity (Wildman–Crippen MR) is 70.2 cm³/mol. The van der Waals surface area contributed by atoms with Crippen LogP contribution in [0.3, 0.4) is 0 Å². The molecular weight excluding hydrogens is 236 g/mol. The molecule has 1 atom stereocenters. The summed E-state index contributed by atoms with van der Waals surface area (Å²) in [5.41, 5.74) is 0.651. The van der Waals surface area contributed by atoms with Crippen LogP contribution in [0.2, 0.25) is 5.02 Å². The van der Waals surface area contributed by atoms with Gasteiger partial charge in [0.05, 0.1) is 10.6 Å². The van der Waals surface area contributed by atoms with Gasteiger partial charge in [-0.3, -0.25) is 9.78 Å². The van der Waals surface area contributed by atoms with E-state index in [0.29, 0.717) is 23.0 Å². The number of pyridine rings is 1. The molecule has 0 bridgehead atoms. The summed E-state index contributed by atoms with van der Waals surface area (Å²) in [5, 5.41) is 3.28. The van der Waals surface area contributed by atoms with E-state index in [1.165, 1.54) is 6.20 Å². The minimum atomic E-state index is -0.145. The Labute approximate surface area is 108 Å². The first-order chi connectivity index (χ1) is 7.82. The lowest BCUT2D eigenvalue weighted by Crippen LogP contribution is -2.33. The maximum Gasteiger partial charge on any atom is 0.252 e. The number of hydrogen-bond acceptors (Lipinski definition) is 2. The van der Waals surface area contributed by atoms with Crippen molar-refractivity contribution in [1.29, 1.82) is 0 Å². The van der Waals surface area contributed by atoms with Crippen LogP contribution in [0, 0.1) is 11.3 Å². The van der Waals surface area contributed by atoms with Gasteiger partial charge in [0.1, 0.15) is 0 Å². The van der Waals surface area contributed by atoms with Gasteiger partial charge in [0.25, 0.3) is 5.91 Å². The Morgan fingerprint density at radius 3 is 2.71 bits per heavy atom. The second-order valence-corrected chi connectivity index (χ2v) is 5.74. The molecule has 1 aromatic rings. The summed E-state index contributed by atoms with van der Waals surface area (Å²) in [6.45, 7) is 9.23. The minimum Gasteiger partial charge on any atom is -0.352 e. The molecule has 0 spiro atoms. The average Bonchev–Trinajstić information content (AvgIpc) is 2.24. The van der Waals surface area contributed by atoms with Crippen molar-refractivity contribution >= 4 is 17.5 Å². The van der Waals surface area contributed by atoms with Crippen LogP contribution in [0.1, 0.15) is 38.1 Å². The summed E-state index contributed by atoms with van der Waals surface area (Å²) >= 11 is 5.90. The van der Waals surface area contributed by atoms with E-state index >= 15 is 0 Å². The lowest BCUT2D eigenvalue weighted by Gasteiger charge is -2.27. The number of carbonyl (C=O) groups excluding carboxylic acids is 1. The topological polar surface area (TPSA) is 42.0 Å². The van der Waals surface area contributed by atoms with E-state index in [4.69, 9.17) is 11.6 Å². The van der Waals surface area contributed by atoms with E-state index in [0.717, 1.165) is 0 Å². The summed E-state index contributed by atoms with van der Waals surface area (Å²) < 4.78 is 0. The molecule has 3 nitrogen and oxygen atoms in total.